The summed E-state index contributed by atoms with van der Waals surface area (Å²) >= 11 is 0. The van der Waals surface area contributed by atoms with E-state index in [0.29, 0.717) is 11.7 Å². The van der Waals surface area contributed by atoms with Crippen molar-refractivity contribution in [2.45, 2.75) is 39.7 Å². The maximum absolute atomic E-state index is 13.5. The lowest BCUT2D eigenvalue weighted by Gasteiger charge is -2.11. The van der Waals surface area contributed by atoms with Crippen molar-refractivity contribution >= 4 is 29.9 Å². The monoisotopic (exact) mass is 438 g/mol. The topological polar surface area (TPSA) is 58.5 Å². The Morgan fingerprint density at radius 2 is 2.04 bits per heavy atom. The maximum atomic E-state index is 13.5. The number of nitrogens with zero attached hydrogens (tertiary/aromatic N) is 2. The summed E-state index contributed by atoms with van der Waals surface area (Å²) in [6.45, 7) is 7.44. The van der Waals surface area contributed by atoms with Crippen molar-refractivity contribution < 1.29 is 9.13 Å². The van der Waals surface area contributed by atoms with Crippen molar-refractivity contribution in [1.29, 1.82) is 0 Å². The molecule has 0 aliphatic carbocycles. The zero-order valence-corrected chi connectivity index (χ0v) is 16.3. The SMILES string of the molecule is CCCCOCCCNC(=NCc1ncccc1F)NCC.I. The van der Waals surface area contributed by atoms with Gasteiger partial charge in [-0.05, 0) is 31.9 Å². The number of unbranched alkanes of at least 4 members (excludes halogenated alkanes) is 1. The number of hydrogen-bond acceptors (Lipinski definition) is 3. The van der Waals surface area contributed by atoms with Crippen molar-refractivity contribution in [3.05, 3.63) is 29.8 Å². The van der Waals surface area contributed by atoms with Gasteiger partial charge in [-0.25, -0.2) is 9.38 Å². The van der Waals surface area contributed by atoms with E-state index in [9.17, 15) is 4.39 Å². The second kappa shape index (κ2) is 14.6. The molecule has 1 heterocycles. The van der Waals surface area contributed by atoms with Crippen LogP contribution in [0, 0.1) is 5.82 Å². The molecule has 0 aliphatic heterocycles. The first-order valence-corrected chi connectivity index (χ1v) is 7.97. The van der Waals surface area contributed by atoms with Gasteiger partial charge < -0.3 is 15.4 Å². The molecule has 23 heavy (non-hydrogen) atoms. The fourth-order valence-corrected chi connectivity index (χ4v) is 1.76. The number of ether oxygens (including phenoxy) is 1. The van der Waals surface area contributed by atoms with Crippen LogP contribution < -0.4 is 10.6 Å². The molecule has 0 saturated carbocycles. The molecule has 0 radical (unpaired) electrons. The summed E-state index contributed by atoms with van der Waals surface area (Å²) in [6.07, 6.45) is 4.74. The van der Waals surface area contributed by atoms with Gasteiger partial charge in [-0.3, -0.25) is 4.98 Å². The van der Waals surface area contributed by atoms with Crippen molar-refractivity contribution in [2.75, 3.05) is 26.3 Å². The molecule has 132 valence electrons. The van der Waals surface area contributed by atoms with E-state index in [1.807, 2.05) is 6.92 Å². The van der Waals surface area contributed by atoms with Crippen LogP contribution in [0.2, 0.25) is 0 Å². The van der Waals surface area contributed by atoms with E-state index in [1.54, 1.807) is 12.3 Å². The van der Waals surface area contributed by atoms with Crippen LogP contribution in [-0.4, -0.2) is 37.2 Å². The van der Waals surface area contributed by atoms with Gasteiger partial charge in [0, 0.05) is 32.5 Å². The molecular weight excluding hydrogens is 410 g/mol. The Bertz CT molecular complexity index is 446. The molecule has 0 bridgehead atoms. The summed E-state index contributed by atoms with van der Waals surface area (Å²) in [4.78, 5) is 8.33. The van der Waals surface area contributed by atoms with Gasteiger partial charge in [-0.1, -0.05) is 13.3 Å². The molecule has 0 atom stereocenters. The van der Waals surface area contributed by atoms with Gasteiger partial charge in [0.2, 0.25) is 0 Å². The molecule has 0 unspecified atom stereocenters. The van der Waals surface area contributed by atoms with Gasteiger partial charge in [-0.15, -0.1) is 24.0 Å². The molecule has 1 aromatic heterocycles. The maximum Gasteiger partial charge on any atom is 0.191 e. The lowest BCUT2D eigenvalue weighted by molar-refractivity contribution is 0.129. The summed E-state index contributed by atoms with van der Waals surface area (Å²) in [5, 5.41) is 6.34. The fourth-order valence-electron chi connectivity index (χ4n) is 1.76. The molecule has 0 spiro atoms. The summed E-state index contributed by atoms with van der Waals surface area (Å²) in [5.41, 5.74) is 0.350. The second-order valence-corrected chi connectivity index (χ2v) is 4.87. The van der Waals surface area contributed by atoms with Crippen molar-refractivity contribution in [3.63, 3.8) is 0 Å². The first-order valence-electron chi connectivity index (χ1n) is 7.97. The molecule has 1 rings (SSSR count). The number of aliphatic imine (C=N–C) groups is 1. The molecule has 1 aromatic rings. The van der Waals surface area contributed by atoms with Crippen LogP contribution >= 0.6 is 24.0 Å². The van der Waals surface area contributed by atoms with Gasteiger partial charge in [0.15, 0.2) is 5.96 Å². The third-order valence-electron chi connectivity index (χ3n) is 2.97. The van der Waals surface area contributed by atoms with E-state index in [-0.39, 0.29) is 36.3 Å². The molecule has 0 amide bonds. The lowest BCUT2D eigenvalue weighted by Crippen LogP contribution is -2.38. The molecular formula is C16H28FIN4O. The Morgan fingerprint density at radius 1 is 1.26 bits per heavy atom. The fraction of sp³-hybridized carbons (Fsp3) is 0.625. The Morgan fingerprint density at radius 3 is 2.74 bits per heavy atom. The largest absolute Gasteiger partial charge is 0.381 e. The minimum absolute atomic E-state index is 0. The molecule has 5 nitrogen and oxygen atoms in total. The van der Waals surface area contributed by atoms with E-state index >= 15 is 0 Å². The van der Waals surface area contributed by atoms with E-state index in [4.69, 9.17) is 4.74 Å². The number of nitrogens with one attached hydrogen (secondary N) is 2. The molecule has 0 fully saturated rings. The number of rotatable bonds is 10. The van der Waals surface area contributed by atoms with Gasteiger partial charge in [0.05, 0.1) is 12.2 Å². The smallest absolute Gasteiger partial charge is 0.191 e. The summed E-state index contributed by atoms with van der Waals surface area (Å²) in [7, 11) is 0. The first-order chi connectivity index (χ1) is 10.8. The third-order valence-corrected chi connectivity index (χ3v) is 2.97. The summed E-state index contributed by atoms with van der Waals surface area (Å²) in [6, 6.07) is 2.97. The normalized spacial score (nSPS) is 11.0. The zero-order valence-electron chi connectivity index (χ0n) is 14.0. The Balaban J connectivity index is 0.00000484. The van der Waals surface area contributed by atoms with Gasteiger partial charge in [0.1, 0.15) is 5.82 Å². The van der Waals surface area contributed by atoms with E-state index in [2.05, 4.69) is 27.5 Å². The lowest BCUT2D eigenvalue weighted by atomic mass is 10.3. The predicted octanol–water partition coefficient (Wildman–Crippen LogP) is 3.10. The van der Waals surface area contributed by atoms with E-state index in [0.717, 1.165) is 45.6 Å². The highest BCUT2D eigenvalue weighted by Gasteiger charge is 2.02. The molecule has 2 N–H and O–H groups in total. The Kier molecular flexibility index (Phi) is 14.0. The molecule has 7 heteroatoms. The van der Waals surface area contributed by atoms with Gasteiger partial charge in [-0.2, -0.15) is 0 Å². The van der Waals surface area contributed by atoms with Crippen molar-refractivity contribution in [3.8, 4) is 0 Å². The number of halogens is 2. The number of aromatic nitrogens is 1. The third kappa shape index (κ3) is 10.4. The average Bonchev–Trinajstić information content (AvgIpc) is 2.53. The standard InChI is InChI=1S/C16H27FN4O.HI/c1-3-5-11-22-12-7-10-20-16(18-4-2)21-13-15-14(17)8-6-9-19-15;/h6,8-9H,3-5,7,10-13H2,1-2H3,(H2,18,20,21);1H. The zero-order chi connectivity index (χ0) is 16.0. The van der Waals surface area contributed by atoms with Gasteiger partial charge in [0.25, 0.3) is 0 Å². The summed E-state index contributed by atoms with van der Waals surface area (Å²) in [5.74, 6) is 0.340. The van der Waals surface area contributed by atoms with Gasteiger partial charge >= 0.3 is 0 Å². The van der Waals surface area contributed by atoms with Crippen LogP contribution in [0.3, 0.4) is 0 Å². The minimum atomic E-state index is -0.327. The molecule has 0 aromatic carbocycles. The average molecular weight is 438 g/mol. The highest BCUT2D eigenvalue weighted by atomic mass is 127. The predicted molar refractivity (Wildman–Crippen MR) is 103 cm³/mol. The number of guanidine groups is 1. The van der Waals surface area contributed by atoms with Crippen molar-refractivity contribution in [2.24, 2.45) is 4.99 Å². The van der Waals surface area contributed by atoms with Crippen LogP contribution in [0.5, 0.6) is 0 Å². The summed E-state index contributed by atoms with van der Waals surface area (Å²) < 4.78 is 19.0. The Hall–Kier alpha value is -0.960. The first kappa shape index (κ1) is 22.0. The highest BCUT2D eigenvalue weighted by molar-refractivity contribution is 14.0. The number of pyridine rings is 1. The Labute approximate surface area is 155 Å². The number of hydrogen-bond donors (Lipinski definition) is 2. The minimum Gasteiger partial charge on any atom is -0.381 e. The molecule has 0 saturated heterocycles. The van der Waals surface area contributed by atoms with E-state index in [1.165, 1.54) is 6.07 Å². The molecule has 0 aliphatic rings. The quantitative estimate of drug-likeness (QED) is 0.255. The second-order valence-electron chi connectivity index (χ2n) is 4.87. The van der Waals surface area contributed by atoms with Crippen molar-refractivity contribution in [1.82, 2.24) is 15.6 Å². The van der Waals surface area contributed by atoms with Crippen LogP contribution in [0.1, 0.15) is 38.8 Å². The highest BCUT2D eigenvalue weighted by Crippen LogP contribution is 2.03. The van der Waals surface area contributed by atoms with Crippen LogP contribution in [0.15, 0.2) is 23.3 Å². The van der Waals surface area contributed by atoms with Crippen LogP contribution in [-0.2, 0) is 11.3 Å². The van der Waals surface area contributed by atoms with E-state index < -0.39 is 0 Å². The van der Waals surface area contributed by atoms with Crippen LogP contribution in [0.25, 0.3) is 0 Å². The van der Waals surface area contributed by atoms with Crippen LogP contribution in [0.4, 0.5) is 4.39 Å².